The van der Waals surface area contributed by atoms with E-state index in [1.807, 2.05) is 41.2 Å². The predicted octanol–water partition coefficient (Wildman–Crippen LogP) is 4.16. The number of carbonyl (C=O) groups excluding carboxylic acids is 1. The zero-order valence-electron chi connectivity index (χ0n) is 23.5. The lowest BCUT2D eigenvalue weighted by Gasteiger charge is -2.45. The van der Waals surface area contributed by atoms with Crippen LogP contribution in [-0.2, 0) is 16.6 Å². The Bertz CT molecular complexity index is 1710. The molecule has 1 amide bonds. The normalized spacial score (nSPS) is 20.9. The summed E-state index contributed by atoms with van der Waals surface area (Å²) in [5, 5.41) is 6.54. The van der Waals surface area contributed by atoms with E-state index in [0.29, 0.717) is 31.3 Å². The first-order valence-corrected chi connectivity index (χ1v) is 14.6. The number of benzene rings is 2. The number of carbonyl (C=O) groups is 1. The molecule has 1 saturated heterocycles. The maximum atomic E-state index is 13.8. The van der Waals surface area contributed by atoms with E-state index in [-0.39, 0.29) is 29.7 Å². The van der Waals surface area contributed by atoms with Gasteiger partial charge in [-0.2, -0.15) is 10.1 Å². The fraction of sp³-hybridized carbons (Fsp3) is 0.400. The predicted molar refractivity (Wildman–Crippen MR) is 160 cm³/mol. The van der Waals surface area contributed by atoms with Crippen LogP contribution >= 0.6 is 11.8 Å². The molecule has 3 atom stereocenters. The highest BCUT2D eigenvalue weighted by Crippen LogP contribution is 2.47. The third-order valence-corrected chi connectivity index (χ3v) is 9.40. The molecule has 0 unspecified atom stereocenters. The van der Waals surface area contributed by atoms with Gasteiger partial charge in [-0.1, -0.05) is 24.8 Å². The summed E-state index contributed by atoms with van der Waals surface area (Å²) in [6, 6.07) is 8.22. The van der Waals surface area contributed by atoms with Gasteiger partial charge in [0.2, 0.25) is 5.91 Å². The number of ether oxygens (including phenoxy) is 1. The molecule has 0 aliphatic carbocycles. The largest absolute Gasteiger partial charge is 0.383 e. The standard InChI is InChI=1S/C30H34N6O3S/c1-7-24(37)35-18(3)13-34(14-19(35)4)29-23-11-17(2)25(22-10-8-9-20-12-31-33(5)26(20)22)28-27(23)36(30(38)32-29)21(15-39-6)16-40-28/h7-12,18-19,21H,1,13-16H2,2-6H3/t18-,19+,21-/m0/s1. The fourth-order valence-corrected chi connectivity index (χ4v) is 7.95. The van der Waals surface area contributed by atoms with Crippen LogP contribution in [0.25, 0.3) is 32.9 Å². The van der Waals surface area contributed by atoms with E-state index < -0.39 is 0 Å². The number of rotatable bonds is 5. The molecule has 10 heteroatoms. The van der Waals surface area contributed by atoms with E-state index in [1.54, 1.807) is 18.9 Å². The number of hydrogen-bond donors (Lipinski definition) is 0. The van der Waals surface area contributed by atoms with Crippen LogP contribution in [0.3, 0.4) is 0 Å². The number of para-hydroxylation sites is 1. The Labute approximate surface area is 237 Å². The zero-order valence-corrected chi connectivity index (χ0v) is 24.4. The first kappa shape index (κ1) is 26.6. The Morgan fingerprint density at radius 2 is 1.98 bits per heavy atom. The summed E-state index contributed by atoms with van der Waals surface area (Å²) in [5.74, 6) is 1.31. The second kappa shape index (κ2) is 10.1. The van der Waals surface area contributed by atoms with Crippen molar-refractivity contribution in [1.82, 2.24) is 24.2 Å². The van der Waals surface area contributed by atoms with Crippen LogP contribution < -0.4 is 10.6 Å². The minimum atomic E-state index is -0.274. The van der Waals surface area contributed by atoms with Crippen molar-refractivity contribution < 1.29 is 9.53 Å². The maximum absolute atomic E-state index is 13.8. The minimum Gasteiger partial charge on any atom is -0.383 e. The molecule has 0 spiro atoms. The summed E-state index contributed by atoms with van der Waals surface area (Å²) in [4.78, 5) is 36.2. The van der Waals surface area contributed by atoms with Crippen LogP contribution in [0.1, 0.15) is 25.5 Å². The summed E-state index contributed by atoms with van der Waals surface area (Å²) in [7, 11) is 3.63. The van der Waals surface area contributed by atoms with Gasteiger partial charge in [0.05, 0.1) is 29.9 Å². The number of nitrogens with zero attached hydrogens (tertiary/aromatic N) is 6. The first-order valence-electron chi connectivity index (χ1n) is 13.6. The van der Waals surface area contributed by atoms with Gasteiger partial charge < -0.3 is 14.5 Å². The summed E-state index contributed by atoms with van der Waals surface area (Å²) in [6.45, 7) is 11.5. The van der Waals surface area contributed by atoms with Crippen molar-refractivity contribution in [2.24, 2.45) is 7.05 Å². The molecule has 1 fully saturated rings. The van der Waals surface area contributed by atoms with Crippen molar-refractivity contribution >= 4 is 45.3 Å². The van der Waals surface area contributed by atoms with E-state index >= 15 is 0 Å². The second-order valence-electron chi connectivity index (χ2n) is 10.9. The van der Waals surface area contributed by atoms with Gasteiger partial charge in [0, 0.05) is 71.9 Å². The maximum Gasteiger partial charge on any atom is 0.350 e. The molecule has 4 aromatic rings. The number of methoxy groups -OCH3 is 1. The van der Waals surface area contributed by atoms with Gasteiger partial charge in [0.1, 0.15) is 5.82 Å². The average molecular weight is 559 g/mol. The van der Waals surface area contributed by atoms with Crippen molar-refractivity contribution in [2.45, 2.75) is 43.8 Å². The lowest BCUT2D eigenvalue weighted by atomic mass is 9.95. The van der Waals surface area contributed by atoms with E-state index in [2.05, 4.69) is 47.8 Å². The Morgan fingerprint density at radius 3 is 2.67 bits per heavy atom. The van der Waals surface area contributed by atoms with Gasteiger partial charge in [0.25, 0.3) is 0 Å². The second-order valence-corrected chi connectivity index (χ2v) is 11.9. The van der Waals surface area contributed by atoms with Crippen molar-refractivity contribution in [1.29, 1.82) is 0 Å². The van der Waals surface area contributed by atoms with E-state index in [4.69, 9.17) is 9.72 Å². The van der Waals surface area contributed by atoms with E-state index in [9.17, 15) is 9.59 Å². The van der Waals surface area contributed by atoms with Crippen molar-refractivity contribution in [3.63, 3.8) is 0 Å². The highest BCUT2D eigenvalue weighted by atomic mass is 32.2. The van der Waals surface area contributed by atoms with E-state index in [0.717, 1.165) is 43.4 Å². The molecule has 4 heterocycles. The lowest BCUT2D eigenvalue weighted by Crippen LogP contribution is -2.58. The summed E-state index contributed by atoms with van der Waals surface area (Å²) < 4.78 is 9.29. The number of fused-ring (bicyclic) bond motifs is 1. The molecule has 0 saturated carbocycles. The molecule has 2 aliphatic heterocycles. The number of hydrogen-bond acceptors (Lipinski definition) is 7. The van der Waals surface area contributed by atoms with Crippen LogP contribution in [0.4, 0.5) is 5.82 Å². The van der Waals surface area contributed by atoms with Gasteiger partial charge in [-0.3, -0.25) is 14.0 Å². The van der Waals surface area contributed by atoms with E-state index in [1.165, 1.54) is 6.08 Å². The third kappa shape index (κ3) is 4.04. The third-order valence-electron chi connectivity index (χ3n) is 8.16. The summed E-state index contributed by atoms with van der Waals surface area (Å²) >= 11 is 1.77. The molecule has 2 aromatic carbocycles. The number of aryl methyl sites for hydroxylation is 2. The molecule has 40 heavy (non-hydrogen) atoms. The van der Waals surface area contributed by atoms with Gasteiger partial charge in [-0.05, 0) is 38.5 Å². The molecule has 208 valence electrons. The summed E-state index contributed by atoms with van der Waals surface area (Å²) in [6.07, 6.45) is 3.26. The Morgan fingerprint density at radius 1 is 1.23 bits per heavy atom. The topological polar surface area (TPSA) is 85.5 Å². The van der Waals surface area contributed by atoms with Crippen LogP contribution in [-0.4, -0.2) is 74.8 Å². The highest BCUT2D eigenvalue weighted by Gasteiger charge is 2.35. The smallest absolute Gasteiger partial charge is 0.350 e. The van der Waals surface area contributed by atoms with Crippen molar-refractivity contribution in [3.05, 3.63) is 59.2 Å². The van der Waals surface area contributed by atoms with Crippen molar-refractivity contribution in [2.75, 3.05) is 37.5 Å². The zero-order chi connectivity index (χ0) is 28.3. The summed E-state index contributed by atoms with van der Waals surface area (Å²) in [5.41, 5.74) is 5.03. The Balaban J connectivity index is 1.61. The number of piperazine rings is 1. The minimum absolute atomic E-state index is 0.0562. The molecule has 6 rings (SSSR count). The molecule has 0 radical (unpaired) electrons. The van der Waals surface area contributed by atoms with Gasteiger partial charge >= 0.3 is 5.69 Å². The molecule has 9 nitrogen and oxygen atoms in total. The molecule has 2 aromatic heterocycles. The Hall–Kier alpha value is -3.63. The fourth-order valence-electron chi connectivity index (χ4n) is 6.58. The van der Waals surface area contributed by atoms with Crippen LogP contribution in [0.15, 0.2) is 52.8 Å². The molecule has 2 aliphatic rings. The Kier molecular flexibility index (Phi) is 6.70. The number of aromatic nitrogens is 4. The van der Waals surface area contributed by atoms with Gasteiger partial charge in [-0.15, -0.1) is 11.8 Å². The van der Waals surface area contributed by atoms with Crippen LogP contribution in [0, 0.1) is 6.92 Å². The average Bonchev–Trinajstić information content (AvgIpc) is 3.31. The van der Waals surface area contributed by atoms with Gasteiger partial charge in [0.15, 0.2) is 0 Å². The number of anilines is 1. The molecular formula is C30H34N6O3S. The SMILES string of the molecule is C=CC(=O)N1[C@H](C)CN(c2nc(=O)n3c4c(c(-c5cccc6cnn(C)c56)c(C)cc24)SC[C@@H]3COC)C[C@@H]1C. The van der Waals surface area contributed by atoms with Crippen molar-refractivity contribution in [3.8, 4) is 11.1 Å². The monoisotopic (exact) mass is 558 g/mol. The highest BCUT2D eigenvalue weighted by molar-refractivity contribution is 7.99. The van der Waals surface area contributed by atoms with Crippen LogP contribution in [0.5, 0.6) is 0 Å². The van der Waals surface area contributed by atoms with Gasteiger partial charge in [-0.25, -0.2) is 4.79 Å². The first-order chi connectivity index (χ1) is 19.2. The molecule has 0 N–H and O–H groups in total. The number of amides is 1. The quantitative estimate of drug-likeness (QED) is 0.340. The molecule has 0 bridgehead atoms. The lowest BCUT2D eigenvalue weighted by molar-refractivity contribution is -0.130. The number of thioether (sulfide) groups is 1. The molecular weight excluding hydrogens is 524 g/mol. The van der Waals surface area contributed by atoms with Crippen LogP contribution in [0.2, 0.25) is 0 Å².